The molecule has 2 unspecified atom stereocenters. The number of nitrogens with two attached hydrogens (primary N) is 1. The molecule has 2 aliphatic heterocycles. The van der Waals surface area contributed by atoms with Crippen molar-refractivity contribution in [1.82, 2.24) is 9.80 Å². The van der Waals surface area contributed by atoms with Crippen molar-refractivity contribution in [1.29, 1.82) is 0 Å². The number of hydrogen-bond donors (Lipinski definition) is 1. The Morgan fingerprint density at radius 3 is 2.90 bits per heavy atom. The van der Waals surface area contributed by atoms with Crippen LogP contribution in [0.5, 0.6) is 0 Å². The molecule has 0 amide bonds. The van der Waals surface area contributed by atoms with Gasteiger partial charge in [-0.2, -0.15) is 0 Å². The summed E-state index contributed by atoms with van der Waals surface area (Å²) in [6.45, 7) is 4.50. The molecule has 21 heavy (non-hydrogen) atoms. The summed E-state index contributed by atoms with van der Waals surface area (Å²) in [5, 5.41) is 2.21. The van der Waals surface area contributed by atoms with Crippen LogP contribution in [0.4, 0.5) is 0 Å². The Morgan fingerprint density at radius 2 is 2.19 bits per heavy atom. The minimum absolute atomic E-state index is 0.242. The normalized spacial score (nSPS) is 33.5. The maximum atomic E-state index is 6.41. The summed E-state index contributed by atoms with van der Waals surface area (Å²) in [5.41, 5.74) is 6.65. The van der Waals surface area contributed by atoms with Gasteiger partial charge < -0.3 is 5.73 Å². The first-order valence-corrected chi connectivity index (χ1v) is 9.45. The fourth-order valence-corrected chi connectivity index (χ4v) is 5.37. The van der Waals surface area contributed by atoms with Crippen molar-refractivity contribution >= 4 is 11.3 Å². The summed E-state index contributed by atoms with van der Waals surface area (Å²) in [6, 6.07) is 5.97. The highest BCUT2D eigenvalue weighted by atomic mass is 32.1. The summed E-state index contributed by atoms with van der Waals surface area (Å²) >= 11 is 1.90. The highest BCUT2D eigenvalue weighted by molar-refractivity contribution is 7.09. The second kappa shape index (κ2) is 5.65. The van der Waals surface area contributed by atoms with E-state index in [9.17, 15) is 0 Å². The molecule has 1 aromatic rings. The summed E-state index contributed by atoms with van der Waals surface area (Å²) in [7, 11) is 0. The maximum absolute atomic E-state index is 6.41. The minimum atomic E-state index is 0.242. The molecule has 4 heteroatoms. The third-order valence-corrected chi connectivity index (χ3v) is 6.75. The molecule has 3 aliphatic rings. The largest absolute Gasteiger partial charge is 0.329 e. The van der Waals surface area contributed by atoms with Crippen LogP contribution in [0.2, 0.25) is 0 Å². The Bertz CT molecular complexity index is 470. The summed E-state index contributed by atoms with van der Waals surface area (Å²) < 4.78 is 0. The van der Waals surface area contributed by atoms with Crippen LogP contribution in [0.15, 0.2) is 17.5 Å². The lowest BCUT2D eigenvalue weighted by atomic mass is 9.83. The van der Waals surface area contributed by atoms with Gasteiger partial charge in [0.1, 0.15) is 0 Å². The number of rotatable bonds is 5. The lowest BCUT2D eigenvalue weighted by Gasteiger charge is -2.47. The summed E-state index contributed by atoms with van der Waals surface area (Å²) in [4.78, 5) is 7.05. The van der Waals surface area contributed by atoms with E-state index in [0.29, 0.717) is 6.04 Å². The Kier molecular flexibility index (Phi) is 3.82. The molecule has 0 aromatic carbocycles. The van der Waals surface area contributed by atoms with E-state index in [0.717, 1.165) is 19.1 Å². The molecule has 3 fully saturated rings. The average Bonchev–Trinajstić information content (AvgIpc) is 3.10. The number of fused-ring (bicyclic) bond motifs is 1. The Balaban J connectivity index is 1.62. The van der Waals surface area contributed by atoms with E-state index >= 15 is 0 Å². The van der Waals surface area contributed by atoms with E-state index in [-0.39, 0.29) is 5.54 Å². The lowest BCUT2D eigenvalue weighted by Crippen LogP contribution is -2.62. The van der Waals surface area contributed by atoms with Crippen molar-refractivity contribution in [3.8, 4) is 0 Å². The van der Waals surface area contributed by atoms with E-state index in [2.05, 4.69) is 27.3 Å². The van der Waals surface area contributed by atoms with Crippen LogP contribution in [-0.4, -0.2) is 47.1 Å². The van der Waals surface area contributed by atoms with Crippen molar-refractivity contribution in [3.63, 3.8) is 0 Å². The molecule has 2 atom stereocenters. The molecule has 4 rings (SSSR count). The van der Waals surface area contributed by atoms with Crippen LogP contribution in [0.1, 0.15) is 43.4 Å². The van der Waals surface area contributed by atoms with Crippen LogP contribution in [0, 0.1) is 0 Å². The van der Waals surface area contributed by atoms with Crippen LogP contribution in [0.25, 0.3) is 0 Å². The number of hydrogen-bond acceptors (Lipinski definition) is 4. The second-order valence-electron chi connectivity index (χ2n) is 7.04. The van der Waals surface area contributed by atoms with Gasteiger partial charge in [-0.1, -0.05) is 12.5 Å². The van der Waals surface area contributed by atoms with Crippen molar-refractivity contribution < 1.29 is 0 Å². The van der Waals surface area contributed by atoms with E-state index < -0.39 is 0 Å². The van der Waals surface area contributed by atoms with Crippen LogP contribution < -0.4 is 5.73 Å². The number of nitrogens with zero attached hydrogens (tertiary/aromatic N) is 2. The van der Waals surface area contributed by atoms with Crippen molar-refractivity contribution in [2.45, 2.75) is 62.7 Å². The molecule has 1 aliphatic carbocycles. The van der Waals surface area contributed by atoms with Gasteiger partial charge in [-0.15, -0.1) is 11.3 Å². The molecule has 1 aromatic heterocycles. The van der Waals surface area contributed by atoms with Crippen molar-refractivity contribution in [3.05, 3.63) is 22.4 Å². The van der Waals surface area contributed by atoms with Gasteiger partial charge in [0.05, 0.1) is 5.54 Å². The van der Waals surface area contributed by atoms with E-state index in [4.69, 9.17) is 5.73 Å². The fourth-order valence-electron chi connectivity index (χ4n) is 4.67. The maximum Gasteiger partial charge on any atom is 0.0505 e. The number of thiophene rings is 1. The van der Waals surface area contributed by atoms with Gasteiger partial charge in [0, 0.05) is 36.6 Å². The topological polar surface area (TPSA) is 32.5 Å². The van der Waals surface area contributed by atoms with Gasteiger partial charge >= 0.3 is 0 Å². The minimum Gasteiger partial charge on any atom is -0.329 e. The molecule has 3 nitrogen and oxygen atoms in total. The Morgan fingerprint density at radius 1 is 1.29 bits per heavy atom. The SMILES string of the molecule is NCC1(N(Cc2cccs2)C2CC2)CCN2CCCCC21. The van der Waals surface area contributed by atoms with Crippen LogP contribution >= 0.6 is 11.3 Å². The first-order chi connectivity index (χ1) is 10.3. The first kappa shape index (κ1) is 14.2. The monoisotopic (exact) mass is 305 g/mol. The highest BCUT2D eigenvalue weighted by Gasteiger charge is 2.53. The third-order valence-electron chi connectivity index (χ3n) is 5.89. The predicted molar refractivity (Wildman–Crippen MR) is 88.5 cm³/mol. The van der Waals surface area contributed by atoms with Crippen molar-refractivity contribution in [2.24, 2.45) is 5.73 Å². The van der Waals surface area contributed by atoms with Gasteiger partial charge in [0.2, 0.25) is 0 Å². The smallest absolute Gasteiger partial charge is 0.0505 e. The van der Waals surface area contributed by atoms with E-state index in [1.165, 1.54) is 56.5 Å². The Labute approximate surface area is 132 Å². The average molecular weight is 305 g/mol. The lowest BCUT2D eigenvalue weighted by molar-refractivity contribution is 0.0256. The first-order valence-electron chi connectivity index (χ1n) is 8.57. The highest BCUT2D eigenvalue weighted by Crippen LogP contribution is 2.44. The fraction of sp³-hybridized carbons (Fsp3) is 0.765. The zero-order chi connectivity index (χ0) is 14.3. The molecule has 0 bridgehead atoms. The van der Waals surface area contributed by atoms with Gasteiger partial charge in [-0.05, 0) is 50.1 Å². The molecule has 0 radical (unpaired) electrons. The molecule has 3 heterocycles. The molecular formula is C17H27N3S. The molecular weight excluding hydrogens is 278 g/mol. The Hall–Kier alpha value is -0.420. The third kappa shape index (κ3) is 2.46. The molecule has 116 valence electrons. The van der Waals surface area contributed by atoms with Gasteiger partial charge in [0.15, 0.2) is 0 Å². The summed E-state index contributed by atoms with van der Waals surface area (Å²) in [6.07, 6.45) is 8.15. The van der Waals surface area contributed by atoms with Crippen LogP contribution in [-0.2, 0) is 6.54 Å². The zero-order valence-electron chi connectivity index (χ0n) is 12.8. The molecule has 2 saturated heterocycles. The molecule has 2 N–H and O–H groups in total. The quantitative estimate of drug-likeness (QED) is 0.908. The standard InChI is InChI=1S/C17H27N3S/c18-13-17(8-10-19-9-2-1-5-16(17)19)20(14-6-7-14)12-15-4-3-11-21-15/h3-4,11,14,16H,1-2,5-10,12-13,18H2. The second-order valence-corrected chi connectivity index (χ2v) is 8.08. The van der Waals surface area contributed by atoms with Gasteiger partial charge in [-0.3, -0.25) is 9.80 Å². The van der Waals surface area contributed by atoms with E-state index in [1.807, 2.05) is 11.3 Å². The van der Waals surface area contributed by atoms with Crippen LogP contribution in [0.3, 0.4) is 0 Å². The predicted octanol–water partition coefficient (Wildman–Crippen LogP) is 2.67. The molecule has 0 spiro atoms. The van der Waals surface area contributed by atoms with E-state index in [1.54, 1.807) is 0 Å². The van der Waals surface area contributed by atoms with Crippen molar-refractivity contribution in [2.75, 3.05) is 19.6 Å². The summed E-state index contributed by atoms with van der Waals surface area (Å²) in [5.74, 6) is 0. The number of piperidine rings is 1. The van der Waals surface area contributed by atoms with Gasteiger partial charge in [0.25, 0.3) is 0 Å². The molecule has 1 saturated carbocycles. The van der Waals surface area contributed by atoms with Gasteiger partial charge in [-0.25, -0.2) is 0 Å². The zero-order valence-corrected chi connectivity index (χ0v) is 13.7.